The van der Waals surface area contributed by atoms with Crippen molar-refractivity contribution in [1.29, 1.82) is 0 Å². The number of rotatable bonds is 3. The fraction of sp³-hybridized carbons (Fsp3) is 0.0952. The molecule has 0 aromatic heterocycles. The van der Waals surface area contributed by atoms with Crippen LogP contribution in [0.4, 0.5) is 13.6 Å². The minimum atomic E-state index is -1.24. The van der Waals surface area contributed by atoms with Crippen molar-refractivity contribution < 1.29 is 18.3 Å². The normalized spacial score (nSPS) is 18.2. The predicted molar refractivity (Wildman–Crippen MR) is 92.4 cm³/mol. The summed E-state index contributed by atoms with van der Waals surface area (Å²) in [6.07, 6.45) is -0.590. The summed E-state index contributed by atoms with van der Waals surface area (Å²) in [5.41, 5.74) is 0.780. The van der Waals surface area contributed by atoms with Gasteiger partial charge < -0.3 is 10.1 Å². The number of hydrogen-bond donors (Lipinski definition) is 1. The molecule has 3 aromatic carbocycles. The average Bonchev–Trinajstić information content (AvgIpc) is 3.02. The molecule has 0 aliphatic carbocycles. The maximum atomic E-state index is 13.5. The molecule has 1 aliphatic rings. The number of amides is 1. The number of nitrogens with one attached hydrogen (secondary N) is 1. The van der Waals surface area contributed by atoms with Crippen LogP contribution in [0.2, 0.25) is 0 Å². The minimum Gasteiger partial charge on any atom is -0.430 e. The number of hydrogen-bond acceptors (Lipinski definition) is 2. The van der Waals surface area contributed by atoms with E-state index in [-0.39, 0.29) is 0 Å². The first kappa shape index (κ1) is 16.3. The van der Waals surface area contributed by atoms with Gasteiger partial charge in [0.2, 0.25) is 0 Å². The van der Waals surface area contributed by atoms with Crippen LogP contribution in [0, 0.1) is 11.6 Å². The molecule has 26 heavy (non-hydrogen) atoms. The molecule has 3 aromatic rings. The Balaban J connectivity index is 1.96. The summed E-state index contributed by atoms with van der Waals surface area (Å²) in [6.45, 7) is 0. The number of carbonyl (C=O) groups excluding carboxylic acids is 1. The van der Waals surface area contributed by atoms with E-state index in [1.807, 2.05) is 30.3 Å². The van der Waals surface area contributed by atoms with Crippen LogP contribution in [-0.2, 0) is 10.3 Å². The maximum Gasteiger partial charge on any atom is 0.409 e. The summed E-state index contributed by atoms with van der Waals surface area (Å²) >= 11 is 0. The molecular formula is C21H15F2NO2. The molecular weight excluding hydrogens is 336 g/mol. The van der Waals surface area contributed by atoms with Crippen LogP contribution in [0.1, 0.15) is 22.7 Å². The summed E-state index contributed by atoms with van der Waals surface area (Å²) in [5, 5.41) is 2.84. The molecule has 0 spiro atoms. The topological polar surface area (TPSA) is 38.3 Å². The zero-order valence-corrected chi connectivity index (χ0v) is 13.7. The van der Waals surface area contributed by atoms with Crippen LogP contribution < -0.4 is 5.32 Å². The van der Waals surface area contributed by atoms with Crippen LogP contribution in [0.5, 0.6) is 0 Å². The Bertz CT molecular complexity index is 879. The van der Waals surface area contributed by atoms with Crippen LogP contribution in [0.3, 0.4) is 0 Å². The Morgan fingerprint density at radius 2 is 1.27 bits per heavy atom. The van der Waals surface area contributed by atoms with Gasteiger partial charge in [0.15, 0.2) is 5.60 Å². The molecule has 130 valence electrons. The van der Waals surface area contributed by atoms with Crippen molar-refractivity contribution in [3.8, 4) is 0 Å². The largest absolute Gasteiger partial charge is 0.430 e. The van der Waals surface area contributed by atoms with Gasteiger partial charge in [-0.3, -0.25) is 0 Å². The standard InChI is InChI=1S/C21H15F2NO2/c22-17-10-6-15(7-11-17)21(16-8-12-18(23)13-9-16)19(24-20(25)26-21)14-4-2-1-3-5-14/h1-13,19H,(H,24,25). The van der Waals surface area contributed by atoms with E-state index >= 15 is 0 Å². The van der Waals surface area contributed by atoms with Crippen LogP contribution in [0.15, 0.2) is 78.9 Å². The number of benzene rings is 3. The maximum absolute atomic E-state index is 13.5. The molecule has 0 bridgehead atoms. The third-order valence-corrected chi connectivity index (χ3v) is 4.60. The van der Waals surface area contributed by atoms with Crippen LogP contribution in [-0.4, -0.2) is 6.09 Å². The smallest absolute Gasteiger partial charge is 0.409 e. The highest BCUT2D eigenvalue weighted by atomic mass is 19.1. The lowest BCUT2D eigenvalue weighted by molar-refractivity contribution is 0.0681. The molecule has 1 heterocycles. The van der Waals surface area contributed by atoms with E-state index in [4.69, 9.17) is 4.74 Å². The third kappa shape index (κ3) is 2.62. The molecule has 4 rings (SSSR count). The van der Waals surface area contributed by atoms with Gasteiger partial charge in [0.1, 0.15) is 17.7 Å². The van der Waals surface area contributed by atoms with Crippen molar-refractivity contribution in [3.05, 3.63) is 107 Å². The molecule has 0 saturated carbocycles. The lowest BCUT2D eigenvalue weighted by atomic mass is 9.78. The van der Waals surface area contributed by atoms with E-state index in [1.165, 1.54) is 24.3 Å². The Morgan fingerprint density at radius 1 is 0.769 bits per heavy atom. The predicted octanol–water partition coefficient (Wildman–Crippen LogP) is 4.69. The lowest BCUT2D eigenvalue weighted by Crippen LogP contribution is -2.35. The number of carbonyl (C=O) groups is 1. The minimum absolute atomic E-state index is 0.392. The second-order valence-corrected chi connectivity index (χ2v) is 6.13. The fourth-order valence-electron chi connectivity index (χ4n) is 3.43. The second-order valence-electron chi connectivity index (χ2n) is 6.13. The second kappa shape index (κ2) is 6.26. The van der Waals surface area contributed by atoms with E-state index in [2.05, 4.69) is 5.32 Å². The van der Waals surface area contributed by atoms with Crippen molar-refractivity contribution in [2.75, 3.05) is 0 Å². The molecule has 1 saturated heterocycles. The van der Waals surface area contributed by atoms with Crippen LogP contribution >= 0.6 is 0 Å². The highest BCUT2D eigenvalue weighted by Crippen LogP contribution is 2.47. The number of ether oxygens (including phenoxy) is 1. The fourth-order valence-corrected chi connectivity index (χ4v) is 3.43. The Labute approximate surface area is 149 Å². The molecule has 1 atom stereocenters. The zero-order valence-electron chi connectivity index (χ0n) is 13.7. The highest BCUT2D eigenvalue weighted by Gasteiger charge is 2.52. The first-order valence-electron chi connectivity index (χ1n) is 8.16. The van der Waals surface area contributed by atoms with E-state index in [1.54, 1.807) is 24.3 Å². The van der Waals surface area contributed by atoms with Gasteiger partial charge in [0, 0.05) is 11.1 Å². The Hall–Kier alpha value is -3.21. The average molecular weight is 351 g/mol. The van der Waals surface area contributed by atoms with E-state index in [9.17, 15) is 13.6 Å². The van der Waals surface area contributed by atoms with E-state index in [0.29, 0.717) is 11.1 Å². The SMILES string of the molecule is O=C1NC(c2ccccc2)C(c2ccc(F)cc2)(c2ccc(F)cc2)O1. The first-order chi connectivity index (χ1) is 12.6. The number of halogens is 2. The molecule has 3 nitrogen and oxygen atoms in total. The van der Waals surface area contributed by atoms with Crippen LogP contribution in [0.25, 0.3) is 0 Å². The van der Waals surface area contributed by atoms with Crippen molar-refractivity contribution >= 4 is 6.09 Å². The molecule has 1 N–H and O–H groups in total. The molecule has 1 unspecified atom stereocenters. The van der Waals surface area contributed by atoms with Gasteiger partial charge in [-0.05, 0) is 29.8 Å². The van der Waals surface area contributed by atoms with Gasteiger partial charge in [-0.1, -0.05) is 54.6 Å². The summed E-state index contributed by atoms with van der Waals surface area (Å²) in [5.74, 6) is -0.784. The number of alkyl carbamates (subject to hydrolysis) is 1. The van der Waals surface area contributed by atoms with Crippen molar-refractivity contribution in [3.63, 3.8) is 0 Å². The van der Waals surface area contributed by atoms with Gasteiger partial charge >= 0.3 is 6.09 Å². The van der Waals surface area contributed by atoms with Gasteiger partial charge in [-0.25, -0.2) is 13.6 Å². The van der Waals surface area contributed by atoms with Gasteiger partial charge in [-0.2, -0.15) is 0 Å². The molecule has 0 radical (unpaired) electrons. The quantitative estimate of drug-likeness (QED) is 0.743. The van der Waals surface area contributed by atoms with Crippen molar-refractivity contribution in [2.45, 2.75) is 11.6 Å². The monoisotopic (exact) mass is 351 g/mol. The van der Waals surface area contributed by atoms with Gasteiger partial charge in [0.05, 0.1) is 0 Å². The lowest BCUT2D eigenvalue weighted by Gasteiger charge is -2.33. The molecule has 1 amide bonds. The summed E-state index contributed by atoms with van der Waals surface area (Å²) in [7, 11) is 0. The summed E-state index contributed by atoms with van der Waals surface area (Å²) < 4.78 is 32.7. The molecule has 1 fully saturated rings. The number of cyclic esters (lactones) is 1. The van der Waals surface area contributed by atoms with E-state index < -0.39 is 29.4 Å². The first-order valence-corrected chi connectivity index (χ1v) is 8.16. The van der Waals surface area contributed by atoms with Crippen molar-refractivity contribution in [1.82, 2.24) is 5.32 Å². The zero-order chi connectivity index (χ0) is 18.1. The van der Waals surface area contributed by atoms with E-state index in [0.717, 1.165) is 5.56 Å². The van der Waals surface area contributed by atoms with Gasteiger partial charge in [-0.15, -0.1) is 0 Å². The summed E-state index contributed by atoms with van der Waals surface area (Å²) in [4.78, 5) is 12.2. The molecule has 1 aliphatic heterocycles. The molecule has 5 heteroatoms. The van der Waals surface area contributed by atoms with Gasteiger partial charge in [0.25, 0.3) is 0 Å². The highest BCUT2D eigenvalue weighted by molar-refractivity contribution is 5.74. The Morgan fingerprint density at radius 3 is 1.77 bits per heavy atom. The van der Waals surface area contributed by atoms with Crippen molar-refractivity contribution in [2.24, 2.45) is 0 Å². The summed E-state index contributed by atoms with van der Waals surface area (Å²) in [6, 6.07) is 20.4. The third-order valence-electron chi connectivity index (χ3n) is 4.60. The Kier molecular flexibility index (Phi) is 3.92.